The van der Waals surface area contributed by atoms with Crippen LogP contribution in [-0.2, 0) is 12.4 Å². The van der Waals surface area contributed by atoms with Gasteiger partial charge in [-0.25, -0.2) is 17.6 Å². The SMILES string of the molecule is CC(N)c1ccc(C(F)(F)F)c(F)c1.CC(N)c1ccc(Cl)c(F)c1.CC(N)c1ccc(F)c(Cl)c1.CC(N)c1ccc(F)cc1C(F)(F)F. The van der Waals surface area contributed by atoms with E-state index in [0.717, 1.165) is 29.3 Å². The van der Waals surface area contributed by atoms with Gasteiger partial charge in [0.05, 0.1) is 21.2 Å². The zero-order valence-corrected chi connectivity index (χ0v) is 28.6. The van der Waals surface area contributed by atoms with Gasteiger partial charge in [0, 0.05) is 24.2 Å². The number of rotatable bonds is 4. The van der Waals surface area contributed by atoms with Crippen LogP contribution in [0, 0.1) is 23.3 Å². The summed E-state index contributed by atoms with van der Waals surface area (Å²) >= 11 is 11.0. The summed E-state index contributed by atoms with van der Waals surface area (Å²) < 4.78 is 124. The first-order chi connectivity index (χ1) is 22.9. The highest BCUT2D eigenvalue weighted by atomic mass is 35.5. The maximum Gasteiger partial charge on any atom is 0.419 e. The van der Waals surface area contributed by atoms with Crippen molar-refractivity contribution in [2.75, 3.05) is 0 Å². The molecule has 50 heavy (non-hydrogen) atoms. The molecule has 0 saturated carbocycles. The van der Waals surface area contributed by atoms with Crippen LogP contribution >= 0.6 is 23.2 Å². The molecule has 0 bridgehead atoms. The third-order valence-electron chi connectivity index (χ3n) is 6.57. The second-order valence-corrected chi connectivity index (χ2v) is 11.8. The molecule has 4 atom stereocenters. The van der Waals surface area contributed by atoms with Crippen LogP contribution in [0.25, 0.3) is 0 Å². The largest absolute Gasteiger partial charge is 0.419 e. The van der Waals surface area contributed by atoms with Crippen LogP contribution in [0.2, 0.25) is 10.0 Å². The highest BCUT2D eigenvalue weighted by molar-refractivity contribution is 6.31. The molecule has 4 unspecified atom stereocenters. The Balaban J connectivity index is 0.000000335. The second kappa shape index (κ2) is 19.3. The average molecular weight is 762 g/mol. The van der Waals surface area contributed by atoms with E-state index in [9.17, 15) is 43.9 Å². The van der Waals surface area contributed by atoms with Crippen molar-refractivity contribution >= 4 is 23.2 Å². The summed E-state index contributed by atoms with van der Waals surface area (Å²) in [6.45, 7) is 6.61. The van der Waals surface area contributed by atoms with Gasteiger partial charge < -0.3 is 22.9 Å². The molecule has 0 amide bonds. The predicted octanol–water partition coefficient (Wildman–Crippen LogP) is 10.7. The van der Waals surface area contributed by atoms with E-state index in [1.165, 1.54) is 31.2 Å². The minimum atomic E-state index is -4.65. The Kier molecular flexibility index (Phi) is 17.2. The molecule has 0 fully saturated rings. The smallest absolute Gasteiger partial charge is 0.324 e. The average Bonchev–Trinajstić information content (AvgIpc) is 2.99. The van der Waals surface area contributed by atoms with E-state index in [1.54, 1.807) is 32.0 Å². The first kappa shape index (κ1) is 44.6. The third-order valence-corrected chi connectivity index (χ3v) is 7.17. The monoisotopic (exact) mass is 760 g/mol. The second-order valence-electron chi connectivity index (χ2n) is 11.0. The van der Waals surface area contributed by atoms with Crippen LogP contribution in [0.1, 0.15) is 85.2 Å². The minimum Gasteiger partial charge on any atom is -0.324 e. The molecule has 0 saturated heterocycles. The Morgan fingerprint density at radius 3 is 1.30 bits per heavy atom. The molecule has 8 N–H and O–H groups in total. The van der Waals surface area contributed by atoms with Gasteiger partial charge in [0.15, 0.2) is 0 Å². The molecule has 0 aromatic heterocycles. The van der Waals surface area contributed by atoms with Gasteiger partial charge in [-0.15, -0.1) is 0 Å². The van der Waals surface area contributed by atoms with Gasteiger partial charge in [0.2, 0.25) is 0 Å². The van der Waals surface area contributed by atoms with Gasteiger partial charge in [-0.3, -0.25) is 0 Å². The van der Waals surface area contributed by atoms with Crippen LogP contribution in [0.15, 0.2) is 72.8 Å². The van der Waals surface area contributed by atoms with Crippen molar-refractivity contribution < 1.29 is 43.9 Å². The molecule has 4 nitrogen and oxygen atoms in total. The summed E-state index contributed by atoms with van der Waals surface area (Å²) in [6, 6.07) is 12.7. The van der Waals surface area contributed by atoms with Crippen molar-refractivity contribution in [2.24, 2.45) is 22.9 Å². The third kappa shape index (κ3) is 14.4. The Hall–Kier alpha value is -3.40. The zero-order valence-electron chi connectivity index (χ0n) is 27.1. The number of alkyl halides is 6. The van der Waals surface area contributed by atoms with Crippen LogP contribution in [-0.4, -0.2) is 0 Å². The predicted molar refractivity (Wildman–Crippen MR) is 176 cm³/mol. The number of halogens is 12. The summed E-state index contributed by atoms with van der Waals surface area (Å²) in [4.78, 5) is 0. The van der Waals surface area contributed by atoms with Crippen LogP contribution in [0.3, 0.4) is 0 Å². The molecule has 0 aliphatic rings. The molecule has 4 rings (SSSR count). The highest BCUT2D eigenvalue weighted by Gasteiger charge is 2.35. The first-order valence-corrected chi connectivity index (χ1v) is 15.3. The molecule has 0 radical (unpaired) electrons. The molecule has 4 aromatic rings. The van der Waals surface area contributed by atoms with Crippen LogP contribution in [0.5, 0.6) is 0 Å². The Morgan fingerprint density at radius 2 is 0.900 bits per heavy atom. The lowest BCUT2D eigenvalue weighted by Crippen LogP contribution is -2.15. The molecular weight excluding hydrogens is 725 g/mol. The van der Waals surface area contributed by atoms with E-state index in [2.05, 4.69) is 0 Å². The Bertz CT molecular complexity index is 1620. The van der Waals surface area contributed by atoms with E-state index >= 15 is 0 Å². The molecule has 0 heterocycles. The van der Waals surface area contributed by atoms with Crippen molar-refractivity contribution in [3.8, 4) is 0 Å². The number of hydrogen-bond acceptors (Lipinski definition) is 4. The molecule has 16 heteroatoms. The molecule has 276 valence electrons. The molecule has 0 spiro atoms. The fourth-order valence-corrected chi connectivity index (χ4v) is 4.11. The quantitative estimate of drug-likeness (QED) is 0.155. The fraction of sp³-hybridized carbons (Fsp3) is 0.294. The summed E-state index contributed by atoms with van der Waals surface area (Å²) in [5.41, 5.74) is 21.4. The highest BCUT2D eigenvalue weighted by Crippen LogP contribution is 2.35. The zero-order chi connectivity index (χ0) is 38.7. The van der Waals surface area contributed by atoms with Crippen molar-refractivity contribution in [1.29, 1.82) is 0 Å². The summed E-state index contributed by atoms with van der Waals surface area (Å²) in [5.74, 6) is -3.02. The summed E-state index contributed by atoms with van der Waals surface area (Å²) in [5, 5.41) is 0.259. The Labute approximate surface area is 293 Å². The molecule has 0 aliphatic carbocycles. The van der Waals surface area contributed by atoms with Crippen LogP contribution in [0.4, 0.5) is 43.9 Å². The standard InChI is InChI=1S/2C9H9F4N.2C8H9ClFN/c1-5(14)7-3-2-6(10)4-8(7)9(11,12)13;1-5(14)6-2-3-7(8(10)4-6)9(11,12)13;1-5(11)6-2-3-8(10)7(9)4-6;1-5(11)6-2-3-7(9)8(10)4-6/h2*2-5H,14H2,1H3;2*2-5H,11H2,1H3. The van der Waals surface area contributed by atoms with E-state index in [4.69, 9.17) is 46.1 Å². The minimum absolute atomic E-state index is 0.0982. The van der Waals surface area contributed by atoms with E-state index in [-0.39, 0.29) is 27.7 Å². The van der Waals surface area contributed by atoms with Gasteiger partial charge in [0.25, 0.3) is 0 Å². The van der Waals surface area contributed by atoms with Gasteiger partial charge in [-0.05, 0) is 98.5 Å². The lowest BCUT2D eigenvalue weighted by Gasteiger charge is -2.15. The lowest BCUT2D eigenvalue weighted by molar-refractivity contribution is -0.140. The summed E-state index contributed by atoms with van der Waals surface area (Å²) in [7, 11) is 0. The normalized spacial score (nSPS) is 13.7. The van der Waals surface area contributed by atoms with Gasteiger partial charge in [-0.2, -0.15) is 26.3 Å². The topological polar surface area (TPSA) is 104 Å². The Morgan fingerprint density at radius 1 is 0.460 bits per heavy atom. The van der Waals surface area contributed by atoms with Gasteiger partial charge in [0.1, 0.15) is 23.3 Å². The van der Waals surface area contributed by atoms with Crippen molar-refractivity contribution in [3.63, 3.8) is 0 Å². The lowest BCUT2D eigenvalue weighted by atomic mass is 10.0. The van der Waals surface area contributed by atoms with Gasteiger partial charge in [-0.1, -0.05) is 47.5 Å². The number of hydrogen-bond donors (Lipinski definition) is 4. The van der Waals surface area contributed by atoms with E-state index < -0.39 is 58.8 Å². The number of benzene rings is 4. The van der Waals surface area contributed by atoms with E-state index in [0.29, 0.717) is 17.7 Å². The van der Waals surface area contributed by atoms with Crippen LogP contribution < -0.4 is 22.9 Å². The van der Waals surface area contributed by atoms with Gasteiger partial charge >= 0.3 is 12.4 Å². The fourth-order valence-electron chi connectivity index (χ4n) is 3.81. The maximum atomic E-state index is 12.9. The maximum absolute atomic E-state index is 12.9. The molecule has 0 aliphatic heterocycles. The molecular formula is C34H36Cl2F10N4. The van der Waals surface area contributed by atoms with Crippen molar-refractivity contribution in [3.05, 3.63) is 139 Å². The first-order valence-electron chi connectivity index (χ1n) is 14.5. The number of nitrogens with two attached hydrogens (primary N) is 4. The summed E-state index contributed by atoms with van der Waals surface area (Å²) in [6.07, 6.45) is -9.22. The van der Waals surface area contributed by atoms with Crippen molar-refractivity contribution in [1.82, 2.24) is 0 Å². The van der Waals surface area contributed by atoms with Crippen molar-refractivity contribution in [2.45, 2.75) is 64.2 Å². The molecule has 4 aromatic carbocycles. The van der Waals surface area contributed by atoms with E-state index in [1.807, 2.05) is 6.92 Å².